The molecule has 2 nitrogen and oxygen atoms in total. The molecule has 0 aromatic heterocycles. The number of benzene rings is 1. The summed E-state index contributed by atoms with van der Waals surface area (Å²) in [5.74, 6) is 0. The molecule has 0 saturated carbocycles. The summed E-state index contributed by atoms with van der Waals surface area (Å²) in [6, 6.07) is 7.46. The molecule has 1 unspecified atom stereocenters. The number of piperidine rings is 1. The van der Waals surface area contributed by atoms with Gasteiger partial charge in [-0.2, -0.15) is 0 Å². The number of fused-ring (bicyclic) bond motifs is 1. The van der Waals surface area contributed by atoms with Gasteiger partial charge in [-0.05, 0) is 66.4 Å². The van der Waals surface area contributed by atoms with Crippen molar-refractivity contribution in [2.45, 2.75) is 38.6 Å². The number of aryl methyl sites for hydroxylation is 1. The highest BCUT2D eigenvalue weighted by molar-refractivity contribution is 9.10. The fourth-order valence-electron chi connectivity index (χ4n) is 3.46. The van der Waals surface area contributed by atoms with Gasteiger partial charge in [-0.15, -0.1) is 0 Å². The molecule has 2 fully saturated rings. The van der Waals surface area contributed by atoms with Crippen molar-refractivity contribution in [3.05, 3.63) is 28.2 Å². The molecule has 2 heterocycles. The minimum Gasteiger partial charge on any atom is -0.369 e. The minimum atomic E-state index is 0.767. The molecule has 0 radical (unpaired) electrons. The Morgan fingerprint density at radius 2 is 1.95 bits per heavy atom. The van der Waals surface area contributed by atoms with Crippen LogP contribution < -0.4 is 4.90 Å². The maximum Gasteiger partial charge on any atom is 0.0513 e. The van der Waals surface area contributed by atoms with Gasteiger partial charge in [0, 0.05) is 30.1 Å². The zero-order valence-corrected chi connectivity index (χ0v) is 13.3. The van der Waals surface area contributed by atoms with Crippen LogP contribution in [0.15, 0.2) is 22.7 Å². The SMILES string of the molecule is Cc1ccc(Br)c(N2CCCN3CCCCC3C2)c1. The van der Waals surface area contributed by atoms with Crippen molar-refractivity contribution in [3.63, 3.8) is 0 Å². The lowest BCUT2D eigenvalue weighted by Gasteiger charge is -2.36. The topological polar surface area (TPSA) is 6.48 Å². The molecular formula is C16H23BrN2. The molecular weight excluding hydrogens is 300 g/mol. The Kier molecular flexibility index (Phi) is 4.13. The van der Waals surface area contributed by atoms with Gasteiger partial charge in [0.25, 0.3) is 0 Å². The van der Waals surface area contributed by atoms with Crippen molar-refractivity contribution in [3.8, 4) is 0 Å². The highest BCUT2D eigenvalue weighted by Gasteiger charge is 2.27. The summed E-state index contributed by atoms with van der Waals surface area (Å²) in [6.07, 6.45) is 5.46. The van der Waals surface area contributed by atoms with E-state index in [1.807, 2.05) is 0 Å². The standard InChI is InChI=1S/C16H23BrN2/c1-13-6-7-15(17)16(11-13)19-10-4-9-18-8-3-2-5-14(18)12-19/h6-7,11,14H,2-5,8-10,12H2,1H3. The molecule has 1 atom stereocenters. The predicted molar refractivity (Wildman–Crippen MR) is 84.9 cm³/mol. The summed E-state index contributed by atoms with van der Waals surface area (Å²) >= 11 is 3.72. The Bertz CT molecular complexity index is 446. The molecule has 2 aliphatic heterocycles. The van der Waals surface area contributed by atoms with E-state index >= 15 is 0 Å². The van der Waals surface area contributed by atoms with Gasteiger partial charge in [0.1, 0.15) is 0 Å². The number of rotatable bonds is 1. The molecule has 2 aliphatic rings. The summed E-state index contributed by atoms with van der Waals surface area (Å²) < 4.78 is 1.24. The van der Waals surface area contributed by atoms with Crippen molar-refractivity contribution in [1.29, 1.82) is 0 Å². The van der Waals surface area contributed by atoms with Gasteiger partial charge >= 0.3 is 0 Å². The Hall–Kier alpha value is -0.540. The van der Waals surface area contributed by atoms with Gasteiger partial charge in [0.15, 0.2) is 0 Å². The predicted octanol–water partition coefficient (Wildman–Crippen LogP) is 3.82. The molecule has 0 spiro atoms. The van der Waals surface area contributed by atoms with Crippen molar-refractivity contribution in [2.24, 2.45) is 0 Å². The molecule has 104 valence electrons. The summed E-state index contributed by atoms with van der Waals surface area (Å²) in [7, 11) is 0. The van der Waals surface area contributed by atoms with Crippen molar-refractivity contribution in [1.82, 2.24) is 4.90 Å². The molecule has 0 aliphatic carbocycles. The first-order valence-electron chi connectivity index (χ1n) is 7.49. The van der Waals surface area contributed by atoms with E-state index in [2.05, 4.69) is 50.9 Å². The molecule has 0 N–H and O–H groups in total. The summed E-state index contributed by atoms with van der Waals surface area (Å²) in [6.45, 7) is 7.16. The summed E-state index contributed by atoms with van der Waals surface area (Å²) in [5, 5.41) is 0. The Balaban J connectivity index is 1.82. The number of nitrogens with zero attached hydrogens (tertiary/aromatic N) is 2. The maximum absolute atomic E-state index is 3.72. The first-order chi connectivity index (χ1) is 9.24. The molecule has 1 aromatic carbocycles. The lowest BCUT2D eigenvalue weighted by Crippen LogP contribution is -2.44. The molecule has 0 bridgehead atoms. The van der Waals surface area contributed by atoms with E-state index in [9.17, 15) is 0 Å². The van der Waals surface area contributed by atoms with Crippen LogP contribution in [0.25, 0.3) is 0 Å². The Morgan fingerprint density at radius 1 is 1.11 bits per heavy atom. The number of hydrogen-bond acceptors (Lipinski definition) is 2. The van der Waals surface area contributed by atoms with E-state index in [1.54, 1.807) is 0 Å². The van der Waals surface area contributed by atoms with E-state index in [0.29, 0.717) is 0 Å². The second-order valence-electron chi connectivity index (χ2n) is 5.94. The summed E-state index contributed by atoms with van der Waals surface area (Å²) in [4.78, 5) is 5.31. The Labute approximate surface area is 124 Å². The van der Waals surface area contributed by atoms with E-state index in [0.717, 1.165) is 6.04 Å². The van der Waals surface area contributed by atoms with Gasteiger partial charge in [-0.25, -0.2) is 0 Å². The molecule has 0 amide bonds. The van der Waals surface area contributed by atoms with E-state index in [-0.39, 0.29) is 0 Å². The average Bonchev–Trinajstić information content (AvgIpc) is 2.63. The minimum absolute atomic E-state index is 0.767. The first kappa shape index (κ1) is 13.4. The fraction of sp³-hybridized carbons (Fsp3) is 0.625. The molecule has 2 saturated heterocycles. The molecule has 19 heavy (non-hydrogen) atoms. The monoisotopic (exact) mass is 322 g/mol. The molecule has 3 rings (SSSR count). The van der Waals surface area contributed by atoms with Crippen LogP contribution in [0.1, 0.15) is 31.2 Å². The number of hydrogen-bond donors (Lipinski definition) is 0. The van der Waals surface area contributed by atoms with Gasteiger partial charge < -0.3 is 4.90 Å². The third kappa shape index (κ3) is 2.97. The second kappa shape index (κ2) is 5.84. The fourth-order valence-corrected chi connectivity index (χ4v) is 3.95. The van der Waals surface area contributed by atoms with E-state index in [4.69, 9.17) is 0 Å². The number of anilines is 1. The van der Waals surface area contributed by atoms with Crippen LogP contribution in [0.3, 0.4) is 0 Å². The third-order valence-electron chi connectivity index (χ3n) is 4.50. The van der Waals surface area contributed by atoms with Crippen LogP contribution in [0.4, 0.5) is 5.69 Å². The first-order valence-corrected chi connectivity index (χ1v) is 8.28. The van der Waals surface area contributed by atoms with Gasteiger partial charge in [0.2, 0.25) is 0 Å². The van der Waals surface area contributed by atoms with Crippen LogP contribution in [0.5, 0.6) is 0 Å². The van der Waals surface area contributed by atoms with Crippen LogP contribution in [0, 0.1) is 6.92 Å². The zero-order valence-electron chi connectivity index (χ0n) is 11.7. The maximum atomic E-state index is 3.72. The van der Waals surface area contributed by atoms with Crippen LogP contribution in [-0.2, 0) is 0 Å². The smallest absolute Gasteiger partial charge is 0.0513 e. The number of halogens is 1. The Morgan fingerprint density at radius 3 is 2.84 bits per heavy atom. The van der Waals surface area contributed by atoms with Crippen LogP contribution >= 0.6 is 15.9 Å². The lowest BCUT2D eigenvalue weighted by molar-refractivity contribution is 0.162. The van der Waals surface area contributed by atoms with Crippen LogP contribution in [0.2, 0.25) is 0 Å². The van der Waals surface area contributed by atoms with E-state index in [1.165, 1.54) is 67.6 Å². The average molecular weight is 323 g/mol. The normalized spacial score (nSPS) is 24.9. The summed E-state index contributed by atoms with van der Waals surface area (Å²) in [5.41, 5.74) is 2.73. The van der Waals surface area contributed by atoms with Crippen molar-refractivity contribution >= 4 is 21.6 Å². The van der Waals surface area contributed by atoms with Crippen LogP contribution in [-0.4, -0.2) is 37.1 Å². The second-order valence-corrected chi connectivity index (χ2v) is 6.79. The van der Waals surface area contributed by atoms with Gasteiger partial charge in [0.05, 0.1) is 5.69 Å². The van der Waals surface area contributed by atoms with Gasteiger partial charge in [-0.1, -0.05) is 12.5 Å². The lowest BCUT2D eigenvalue weighted by atomic mass is 10.0. The third-order valence-corrected chi connectivity index (χ3v) is 5.17. The quantitative estimate of drug-likeness (QED) is 0.775. The van der Waals surface area contributed by atoms with E-state index < -0.39 is 0 Å². The zero-order chi connectivity index (χ0) is 13.2. The van der Waals surface area contributed by atoms with Crippen molar-refractivity contribution in [2.75, 3.05) is 31.1 Å². The largest absolute Gasteiger partial charge is 0.369 e. The molecule has 1 aromatic rings. The molecule has 3 heteroatoms. The van der Waals surface area contributed by atoms with Gasteiger partial charge in [-0.3, -0.25) is 4.90 Å². The highest BCUT2D eigenvalue weighted by atomic mass is 79.9. The van der Waals surface area contributed by atoms with Crippen molar-refractivity contribution < 1.29 is 0 Å². The highest BCUT2D eigenvalue weighted by Crippen LogP contribution is 2.30.